The van der Waals surface area contributed by atoms with Gasteiger partial charge >= 0.3 is 0 Å². The average molecular weight is 294 g/mol. The van der Waals surface area contributed by atoms with E-state index in [0.717, 1.165) is 28.0 Å². The van der Waals surface area contributed by atoms with Gasteiger partial charge in [-0.3, -0.25) is 9.89 Å². The summed E-state index contributed by atoms with van der Waals surface area (Å²) in [5.74, 6) is 0. The summed E-state index contributed by atoms with van der Waals surface area (Å²) in [4.78, 5) is 12.2. The third kappa shape index (κ3) is 1.66. The molecule has 0 bridgehead atoms. The van der Waals surface area contributed by atoms with Gasteiger partial charge in [0.15, 0.2) is 0 Å². The molecule has 1 aromatic carbocycles. The van der Waals surface area contributed by atoms with E-state index in [1.54, 1.807) is 4.68 Å². The molecule has 88 valence electrons. The van der Waals surface area contributed by atoms with Crippen molar-refractivity contribution in [2.45, 2.75) is 19.5 Å². The first-order valence-corrected chi connectivity index (χ1v) is 6.29. The molecule has 2 aromatic rings. The fourth-order valence-corrected chi connectivity index (χ4v) is 2.47. The van der Waals surface area contributed by atoms with Crippen molar-refractivity contribution in [2.75, 3.05) is 0 Å². The van der Waals surface area contributed by atoms with Gasteiger partial charge in [-0.25, -0.2) is 4.68 Å². The molecule has 0 saturated heterocycles. The highest BCUT2D eigenvalue weighted by atomic mass is 79.9. The lowest BCUT2D eigenvalue weighted by Crippen LogP contribution is -2.22. The van der Waals surface area contributed by atoms with Crippen LogP contribution in [0.1, 0.15) is 24.2 Å². The normalized spacial score (nSPS) is 18.4. The Morgan fingerprint density at radius 2 is 2.06 bits per heavy atom. The Morgan fingerprint density at radius 3 is 2.71 bits per heavy atom. The van der Waals surface area contributed by atoms with Crippen molar-refractivity contribution in [3.05, 3.63) is 50.3 Å². The van der Waals surface area contributed by atoms with Gasteiger partial charge in [-0.05, 0) is 31.2 Å². The number of aromatic nitrogens is 2. The molecule has 0 fully saturated rings. The number of nitrogens with one attached hydrogen (secondary N) is 2. The van der Waals surface area contributed by atoms with Crippen LogP contribution >= 0.6 is 15.9 Å². The van der Waals surface area contributed by atoms with Gasteiger partial charge in [-0.15, -0.1) is 0 Å². The predicted octanol–water partition coefficient (Wildman–Crippen LogP) is 2.09. The second-order valence-corrected chi connectivity index (χ2v) is 5.14. The van der Waals surface area contributed by atoms with E-state index < -0.39 is 0 Å². The van der Waals surface area contributed by atoms with Gasteiger partial charge < -0.3 is 5.32 Å². The molecule has 5 heteroatoms. The third-order valence-corrected chi connectivity index (χ3v) is 3.64. The van der Waals surface area contributed by atoms with Gasteiger partial charge in [-0.2, -0.15) is 0 Å². The van der Waals surface area contributed by atoms with E-state index in [1.165, 1.54) is 0 Å². The molecular weight excluding hydrogens is 282 g/mol. The van der Waals surface area contributed by atoms with Crippen LogP contribution in [0.2, 0.25) is 0 Å². The lowest BCUT2D eigenvalue weighted by atomic mass is 10.2. The van der Waals surface area contributed by atoms with E-state index >= 15 is 0 Å². The minimum absolute atomic E-state index is 0.0415. The summed E-state index contributed by atoms with van der Waals surface area (Å²) in [6.45, 7) is 2.74. The topological polar surface area (TPSA) is 49.8 Å². The molecule has 0 saturated carbocycles. The first-order chi connectivity index (χ1) is 8.16. The first-order valence-electron chi connectivity index (χ1n) is 5.50. The van der Waals surface area contributed by atoms with E-state index in [2.05, 4.69) is 26.3 Å². The molecule has 2 N–H and O–H groups in total. The lowest BCUT2D eigenvalue weighted by molar-refractivity contribution is 0.611. The number of nitrogens with zero attached hydrogens (tertiary/aromatic N) is 1. The van der Waals surface area contributed by atoms with Crippen LogP contribution in [0.15, 0.2) is 33.5 Å². The Balaban J connectivity index is 2.14. The quantitative estimate of drug-likeness (QED) is 0.846. The lowest BCUT2D eigenvalue weighted by Gasteiger charge is -2.04. The van der Waals surface area contributed by atoms with Gasteiger partial charge in [-0.1, -0.05) is 15.9 Å². The van der Waals surface area contributed by atoms with Crippen molar-refractivity contribution >= 4 is 15.9 Å². The van der Waals surface area contributed by atoms with E-state index in [-0.39, 0.29) is 11.6 Å². The molecule has 3 rings (SSSR count). The van der Waals surface area contributed by atoms with Crippen LogP contribution in [0.25, 0.3) is 5.69 Å². The standard InChI is InChI=1S/C12H12BrN3O/c1-7-11-10(6-14-7)15-16(12(11)17)9-4-2-8(13)3-5-9/h2-5,7,14-15H,6H2,1H3. The highest BCUT2D eigenvalue weighted by Gasteiger charge is 2.25. The van der Waals surface area contributed by atoms with Crippen molar-refractivity contribution in [1.29, 1.82) is 0 Å². The van der Waals surface area contributed by atoms with Crippen molar-refractivity contribution in [3.8, 4) is 5.69 Å². The summed E-state index contributed by atoms with van der Waals surface area (Å²) in [5.41, 5.74) is 2.75. The fourth-order valence-electron chi connectivity index (χ4n) is 2.21. The molecule has 0 amide bonds. The molecule has 0 aliphatic carbocycles. The largest absolute Gasteiger partial charge is 0.304 e. The monoisotopic (exact) mass is 293 g/mol. The number of H-pyrrole nitrogens is 1. The highest BCUT2D eigenvalue weighted by Crippen LogP contribution is 2.21. The molecule has 1 aliphatic rings. The van der Waals surface area contributed by atoms with E-state index in [9.17, 15) is 4.79 Å². The average Bonchev–Trinajstić information content (AvgIpc) is 2.83. The van der Waals surface area contributed by atoms with Crippen LogP contribution in [0.3, 0.4) is 0 Å². The smallest absolute Gasteiger partial charge is 0.276 e. The number of benzene rings is 1. The molecule has 0 radical (unpaired) electrons. The van der Waals surface area contributed by atoms with Crippen LogP contribution in [0.4, 0.5) is 0 Å². The number of aromatic amines is 1. The van der Waals surface area contributed by atoms with Gasteiger partial charge in [0.1, 0.15) is 0 Å². The molecule has 1 aromatic heterocycles. The Kier molecular flexibility index (Phi) is 2.45. The minimum Gasteiger partial charge on any atom is -0.304 e. The van der Waals surface area contributed by atoms with Gasteiger partial charge in [0.25, 0.3) is 5.56 Å². The molecule has 0 spiro atoms. The van der Waals surface area contributed by atoms with Crippen molar-refractivity contribution in [2.24, 2.45) is 0 Å². The summed E-state index contributed by atoms with van der Waals surface area (Å²) < 4.78 is 2.61. The van der Waals surface area contributed by atoms with Crippen molar-refractivity contribution in [3.63, 3.8) is 0 Å². The SMILES string of the molecule is CC1NCc2[nH]n(-c3ccc(Br)cc3)c(=O)c21. The maximum absolute atomic E-state index is 12.2. The van der Waals surface area contributed by atoms with Gasteiger partial charge in [0, 0.05) is 17.1 Å². The summed E-state index contributed by atoms with van der Waals surface area (Å²) in [6.07, 6.45) is 0. The third-order valence-electron chi connectivity index (χ3n) is 3.11. The van der Waals surface area contributed by atoms with Crippen molar-refractivity contribution < 1.29 is 0 Å². The summed E-state index contributed by atoms with van der Waals surface area (Å²) in [5, 5.41) is 6.40. The Labute approximate surface area is 107 Å². The fraction of sp³-hybridized carbons (Fsp3) is 0.250. The number of fused-ring (bicyclic) bond motifs is 1. The minimum atomic E-state index is 0.0415. The number of hydrogen-bond acceptors (Lipinski definition) is 2. The number of hydrogen-bond donors (Lipinski definition) is 2. The zero-order chi connectivity index (χ0) is 12.0. The Morgan fingerprint density at radius 1 is 1.35 bits per heavy atom. The Bertz CT molecular complexity index is 612. The summed E-state index contributed by atoms with van der Waals surface area (Å²) >= 11 is 3.38. The van der Waals surface area contributed by atoms with Crippen molar-refractivity contribution in [1.82, 2.24) is 15.1 Å². The van der Waals surface area contributed by atoms with Crippen LogP contribution < -0.4 is 10.9 Å². The molecule has 1 aliphatic heterocycles. The van der Waals surface area contributed by atoms with E-state index in [4.69, 9.17) is 0 Å². The number of halogens is 1. The second kappa shape index (κ2) is 3.85. The predicted molar refractivity (Wildman–Crippen MR) is 69.3 cm³/mol. The van der Waals surface area contributed by atoms with E-state index in [1.807, 2.05) is 31.2 Å². The molecule has 1 atom stereocenters. The zero-order valence-electron chi connectivity index (χ0n) is 9.33. The Hall–Kier alpha value is -1.33. The van der Waals surface area contributed by atoms with E-state index in [0.29, 0.717) is 0 Å². The molecule has 17 heavy (non-hydrogen) atoms. The zero-order valence-corrected chi connectivity index (χ0v) is 10.9. The molecule has 2 heterocycles. The highest BCUT2D eigenvalue weighted by molar-refractivity contribution is 9.10. The maximum Gasteiger partial charge on any atom is 0.276 e. The van der Waals surface area contributed by atoms with Crippen LogP contribution in [0, 0.1) is 0 Å². The second-order valence-electron chi connectivity index (χ2n) is 4.22. The first kappa shape index (κ1) is 10.8. The van der Waals surface area contributed by atoms with Crippen LogP contribution in [0.5, 0.6) is 0 Å². The maximum atomic E-state index is 12.2. The summed E-state index contributed by atoms with van der Waals surface area (Å²) in [6, 6.07) is 7.81. The van der Waals surface area contributed by atoms with Crippen LogP contribution in [-0.4, -0.2) is 9.78 Å². The number of rotatable bonds is 1. The van der Waals surface area contributed by atoms with Crippen LogP contribution in [-0.2, 0) is 6.54 Å². The van der Waals surface area contributed by atoms with Gasteiger partial charge in [0.2, 0.25) is 0 Å². The molecule has 1 unspecified atom stereocenters. The molecular formula is C12H12BrN3O. The molecule has 4 nitrogen and oxygen atoms in total. The van der Waals surface area contributed by atoms with Gasteiger partial charge in [0.05, 0.1) is 16.9 Å². The summed E-state index contributed by atoms with van der Waals surface area (Å²) in [7, 11) is 0.